The normalized spacial score (nSPS) is 12.2. The molecule has 1 heterocycles. The van der Waals surface area contributed by atoms with Gasteiger partial charge in [0.25, 0.3) is 5.56 Å². The van der Waals surface area contributed by atoms with Gasteiger partial charge >= 0.3 is 0 Å². The number of H-pyrrole nitrogens is 1. The van der Waals surface area contributed by atoms with Crippen molar-refractivity contribution in [3.63, 3.8) is 0 Å². The first-order valence-electron chi connectivity index (χ1n) is 5.70. The van der Waals surface area contributed by atoms with E-state index >= 15 is 0 Å². The molecule has 0 saturated carbocycles. The molecule has 1 aromatic rings. The van der Waals surface area contributed by atoms with Crippen molar-refractivity contribution < 1.29 is 13.2 Å². The fourth-order valence-electron chi connectivity index (χ4n) is 1.30. The van der Waals surface area contributed by atoms with Gasteiger partial charge in [0.15, 0.2) is 0 Å². The number of aromatic amines is 1. The second kappa shape index (κ2) is 5.94. The van der Waals surface area contributed by atoms with Crippen LogP contribution in [-0.2, 0) is 14.8 Å². The lowest BCUT2D eigenvalue weighted by Gasteiger charge is -2.20. The summed E-state index contributed by atoms with van der Waals surface area (Å²) in [6, 6.07) is 1.02. The molecule has 0 aliphatic rings. The van der Waals surface area contributed by atoms with Gasteiger partial charge < -0.3 is 10.3 Å². The lowest BCUT2D eigenvalue weighted by Crippen LogP contribution is -2.45. The van der Waals surface area contributed by atoms with E-state index in [1.807, 2.05) is 0 Å². The molecule has 3 N–H and O–H groups in total. The predicted octanol–water partition coefficient (Wildman–Crippen LogP) is 0.221. The average Bonchev–Trinajstić information content (AvgIpc) is 2.28. The third-order valence-corrected chi connectivity index (χ3v) is 3.74. The molecule has 0 spiro atoms. The van der Waals surface area contributed by atoms with Crippen molar-refractivity contribution in [2.75, 3.05) is 6.54 Å². The fourth-order valence-corrected chi connectivity index (χ4v) is 2.51. The first-order valence-corrected chi connectivity index (χ1v) is 7.56. The van der Waals surface area contributed by atoms with Crippen molar-refractivity contribution in [3.8, 4) is 0 Å². The third-order valence-electron chi connectivity index (χ3n) is 2.08. The highest BCUT2D eigenvalue weighted by Crippen LogP contribution is 2.10. The van der Waals surface area contributed by atoms with Gasteiger partial charge in [-0.3, -0.25) is 9.59 Å². The fraction of sp³-hybridized carbons (Fsp3) is 0.455. The maximum atomic E-state index is 11.9. The summed E-state index contributed by atoms with van der Waals surface area (Å²) in [7, 11) is -3.92. The number of carbonyl (C=O) groups is 1. The molecular weight excluding hydrogens is 306 g/mol. The number of hydrogen-bond donors (Lipinski definition) is 3. The number of hydrogen-bond acceptors (Lipinski definition) is 4. The molecule has 112 valence electrons. The summed E-state index contributed by atoms with van der Waals surface area (Å²) in [5, 5.41) is 2.37. The Kier molecular flexibility index (Phi) is 4.95. The summed E-state index contributed by atoms with van der Waals surface area (Å²) in [4.78, 5) is 24.6. The second-order valence-electron chi connectivity index (χ2n) is 5.14. The molecule has 0 saturated heterocycles. The average molecular weight is 322 g/mol. The summed E-state index contributed by atoms with van der Waals surface area (Å²) in [6.45, 7) is 4.93. The highest BCUT2D eigenvalue weighted by atomic mass is 35.5. The van der Waals surface area contributed by atoms with E-state index in [0.717, 1.165) is 12.3 Å². The molecule has 0 aliphatic heterocycles. The Morgan fingerprint density at radius 1 is 1.40 bits per heavy atom. The van der Waals surface area contributed by atoms with Crippen LogP contribution in [-0.4, -0.2) is 31.4 Å². The largest absolute Gasteiger partial charge is 0.350 e. The van der Waals surface area contributed by atoms with Gasteiger partial charge in [-0.1, -0.05) is 11.6 Å². The minimum Gasteiger partial charge on any atom is -0.350 e. The second-order valence-corrected chi connectivity index (χ2v) is 7.31. The first-order chi connectivity index (χ1) is 9.01. The van der Waals surface area contributed by atoms with E-state index in [4.69, 9.17) is 11.6 Å². The Labute approximate surface area is 121 Å². The molecule has 1 rings (SSSR count). The zero-order chi connectivity index (χ0) is 15.6. The van der Waals surface area contributed by atoms with E-state index in [1.165, 1.54) is 0 Å². The van der Waals surface area contributed by atoms with Crippen LogP contribution >= 0.6 is 11.6 Å². The number of nitrogens with one attached hydrogen (secondary N) is 3. The van der Waals surface area contributed by atoms with E-state index in [2.05, 4.69) is 15.0 Å². The zero-order valence-electron chi connectivity index (χ0n) is 11.3. The maximum Gasteiger partial charge on any atom is 0.266 e. The van der Waals surface area contributed by atoms with Crippen LogP contribution in [0.4, 0.5) is 0 Å². The summed E-state index contributed by atoms with van der Waals surface area (Å²) < 4.78 is 25.9. The van der Waals surface area contributed by atoms with Gasteiger partial charge in [-0.05, 0) is 26.8 Å². The summed E-state index contributed by atoms with van der Waals surface area (Å²) >= 11 is 5.55. The lowest BCUT2D eigenvalue weighted by atomic mass is 10.1. The number of carbonyl (C=O) groups excluding carboxylic acids is 1. The van der Waals surface area contributed by atoms with Gasteiger partial charge in [-0.2, -0.15) is 0 Å². The number of halogens is 1. The van der Waals surface area contributed by atoms with Crippen LogP contribution in [0.3, 0.4) is 0 Å². The monoisotopic (exact) mass is 321 g/mol. The minimum absolute atomic E-state index is 0.217. The number of sulfonamides is 1. The molecule has 0 fully saturated rings. The number of rotatable bonds is 4. The van der Waals surface area contributed by atoms with Crippen molar-refractivity contribution in [2.45, 2.75) is 31.2 Å². The van der Waals surface area contributed by atoms with Crippen LogP contribution in [0.5, 0.6) is 0 Å². The molecule has 1 amide bonds. The zero-order valence-corrected chi connectivity index (χ0v) is 12.9. The van der Waals surface area contributed by atoms with Crippen LogP contribution in [0.25, 0.3) is 0 Å². The molecule has 0 atom stereocenters. The molecule has 0 aromatic carbocycles. The van der Waals surface area contributed by atoms with Crippen molar-refractivity contribution in [3.05, 3.63) is 27.6 Å². The molecule has 20 heavy (non-hydrogen) atoms. The van der Waals surface area contributed by atoms with Gasteiger partial charge in [-0.15, -0.1) is 0 Å². The van der Waals surface area contributed by atoms with Crippen molar-refractivity contribution in [1.29, 1.82) is 0 Å². The molecule has 0 bridgehead atoms. The Morgan fingerprint density at radius 2 is 2.00 bits per heavy atom. The van der Waals surface area contributed by atoms with Crippen molar-refractivity contribution in [1.82, 2.24) is 15.0 Å². The summed E-state index contributed by atoms with van der Waals surface area (Å²) in [5.74, 6) is -0.461. The molecule has 0 aliphatic carbocycles. The van der Waals surface area contributed by atoms with Crippen LogP contribution < -0.4 is 15.6 Å². The quantitative estimate of drug-likeness (QED) is 0.737. The van der Waals surface area contributed by atoms with E-state index in [-0.39, 0.29) is 9.92 Å². The van der Waals surface area contributed by atoms with Gasteiger partial charge in [0.05, 0.1) is 11.4 Å². The molecule has 9 heteroatoms. The third kappa shape index (κ3) is 4.95. The highest BCUT2D eigenvalue weighted by Gasteiger charge is 2.19. The SMILES string of the molecule is CC(C)(C)NC(=O)CNS(=O)(=O)c1c[nH]c(=O)c(Cl)c1. The Morgan fingerprint density at radius 3 is 2.50 bits per heavy atom. The molecule has 0 radical (unpaired) electrons. The van der Waals surface area contributed by atoms with E-state index < -0.39 is 33.6 Å². The van der Waals surface area contributed by atoms with E-state index in [0.29, 0.717) is 0 Å². The number of pyridine rings is 1. The van der Waals surface area contributed by atoms with E-state index in [9.17, 15) is 18.0 Å². The van der Waals surface area contributed by atoms with Crippen LogP contribution in [0.2, 0.25) is 5.02 Å². The van der Waals surface area contributed by atoms with Crippen LogP contribution in [0.1, 0.15) is 20.8 Å². The van der Waals surface area contributed by atoms with Crippen molar-refractivity contribution >= 4 is 27.5 Å². The Bertz CT molecular complexity index is 661. The van der Waals surface area contributed by atoms with E-state index in [1.54, 1.807) is 20.8 Å². The summed E-state index contributed by atoms with van der Waals surface area (Å²) in [6.07, 6.45) is 1.01. The standard InChI is InChI=1S/C11H16ClN3O4S/c1-11(2,3)15-9(16)6-14-20(18,19)7-4-8(12)10(17)13-5-7/h4-5,14H,6H2,1-3H3,(H,13,17)(H,15,16). The summed E-state index contributed by atoms with van der Waals surface area (Å²) in [5.41, 5.74) is -1.04. The molecule has 0 unspecified atom stereocenters. The number of amides is 1. The minimum atomic E-state index is -3.92. The molecular formula is C11H16ClN3O4S. The Balaban J connectivity index is 2.78. The molecule has 7 nitrogen and oxygen atoms in total. The first kappa shape index (κ1) is 16.7. The topological polar surface area (TPSA) is 108 Å². The number of aromatic nitrogens is 1. The lowest BCUT2D eigenvalue weighted by molar-refractivity contribution is -0.121. The molecule has 1 aromatic heterocycles. The van der Waals surface area contributed by atoms with Gasteiger partial charge in [0, 0.05) is 11.7 Å². The Hall–Kier alpha value is -1.38. The van der Waals surface area contributed by atoms with Gasteiger partial charge in [-0.25, -0.2) is 13.1 Å². The van der Waals surface area contributed by atoms with Crippen LogP contribution in [0, 0.1) is 0 Å². The van der Waals surface area contributed by atoms with Gasteiger partial charge in [0.2, 0.25) is 15.9 Å². The van der Waals surface area contributed by atoms with Crippen molar-refractivity contribution in [2.24, 2.45) is 0 Å². The highest BCUT2D eigenvalue weighted by molar-refractivity contribution is 7.89. The predicted molar refractivity (Wildman–Crippen MR) is 75.2 cm³/mol. The maximum absolute atomic E-state index is 11.9. The van der Waals surface area contributed by atoms with Gasteiger partial charge in [0.1, 0.15) is 5.02 Å². The smallest absolute Gasteiger partial charge is 0.266 e. The van der Waals surface area contributed by atoms with Crippen LogP contribution in [0.15, 0.2) is 22.0 Å².